The molecule has 2 heterocycles. The Morgan fingerprint density at radius 1 is 1.15 bits per heavy atom. The van der Waals surface area contributed by atoms with Crippen molar-refractivity contribution < 1.29 is 9.47 Å². The molecule has 1 aliphatic heterocycles. The molecule has 2 aromatic carbocycles. The van der Waals surface area contributed by atoms with E-state index in [0.29, 0.717) is 0 Å². The van der Waals surface area contributed by atoms with Crippen molar-refractivity contribution in [3.63, 3.8) is 0 Å². The minimum absolute atomic E-state index is 0.139. The van der Waals surface area contributed by atoms with Crippen LogP contribution in [0.5, 0.6) is 5.75 Å². The predicted octanol–water partition coefficient (Wildman–Crippen LogP) is 3.51. The lowest BCUT2D eigenvalue weighted by Crippen LogP contribution is -2.39. The second kappa shape index (κ2) is 7.89. The maximum atomic E-state index is 6.06. The van der Waals surface area contributed by atoms with Gasteiger partial charge < -0.3 is 9.47 Å². The van der Waals surface area contributed by atoms with Crippen molar-refractivity contribution in [3.05, 3.63) is 60.4 Å². The molecule has 5 heteroatoms. The zero-order valence-corrected chi connectivity index (χ0v) is 15.2. The van der Waals surface area contributed by atoms with E-state index in [2.05, 4.69) is 40.3 Å². The van der Waals surface area contributed by atoms with E-state index in [-0.39, 0.29) is 6.10 Å². The van der Waals surface area contributed by atoms with Crippen LogP contribution >= 0.6 is 0 Å². The van der Waals surface area contributed by atoms with E-state index in [1.165, 1.54) is 16.3 Å². The van der Waals surface area contributed by atoms with Gasteiger partial charge in [0.05, 0.1) is 19.8 Å². The minimum atomic E-state index is 0.139. The number of methoxy groups -OCH3 is 1. The average Bonchev–Trinajstić information content (AvgIpc) is 3.21. The Balaban J connectivity index is 1.39. The summed E-state index contributed by atoms with van der Waals surface area (Å²) in [5.74, 6) is 0.891. The van der Waals surface area contributed by atoms with Gasteiger partial charge in [0, 0.05) is 38.6 Å². The van der Waals surface area contributed by atoms with E-state index in [9.17, 15) is 0 Å². The van der Waals surface area contributed by atoms with Crippen LogP contribution in [0.2, 0.25) is 0 Å². The Kier molecular flexibility index (Phi) is 5.18. The molecule has 0 spiro atoms. The Morgan fingerprint density at radius 2 is 2.04 bits per heavy atom. The summed E-state index contributed by atoms with van der Waals surface area (Å²) in [6.45, 7) is 4.77. The van der Waals surface area contributed by atoms with Gasteiger partial charge in [-0.05, 0) is 47.0 Å². The third-order valence-corrected chi connectivity index (χ3v) is 5.01. The molecule has 0 saturated carbocycles. The van der Waals surface area contributed by atoms with Gasteiger partial charge in [-0.15, -0.1) is 0 Å². The quantitative estimate of drug-likeness (QED) is 0.681. The minimum Gasteiger partial charge on any atom is -0.497 e. The van der Waals surface area contributed by atoms with Gasteiger partial charge in [-0.2, -0.15) is 5.10 Å². The zero-order chi connectivity index (χ0) is 17.8. The third-order valence-electron chi connectivity index (χ3n) is 5.01. The van der Waals surface area contributed by atoms with E-state index >= 15 is 0 Å². The SMILES string of the molecule is COc1ccc2cc(C3CN(CCCn4cccn4)CCO3)ccc2c1. The van der Waals surface area contributed by atoms with Gasteiger partial charge >= 0.3 is 0 Å². The van der Waals surface area contributed by atoms with Gasteiger partial charge in [0.1, 0.15) is 5.75 Å². The molecule has 0 bridgehead atoms. The predicted molar refractivity (Wildman–Crippen MR) is 102 cm³/mol. The Labute approximate surface area is 154 Å². The molecule has 5 nitrogen and oxygen atoms in total. The summed E-state index contributed by atoms with van der Waals surface area (Å²) < 4.78 is 13.4. The van der Waals surface area contributed by atoms with Crippen molar-refractivity contribution in [3.8, 4) is 5.75 Å². The van der Waals surface area contributed by atoms with Crippen LogP contribution in [0.4, 0.5) is 0 Å². The lowest BCUT2D eigenvalue weighted by molar-refractivity contribution is -0.0304. The number of aryl methyl sites for hydroxylation is 1. The molecule has 4 rings (SSSR count). The molecule has 1 atom stereocenters. The lowest BCUT2D eigenvalue weighted by Gasteiger charge is -2.33. The van der Waals surface area contributed by atoms with E-state index < -0.39 is 0 Å². The molecule has 1 fully saturated rings. The van der Waals surface area contributed by atoms with Crippen molar-refractivity contribution in [1.29, 1.82) is 0 Å². The zero-order valence-electron chi connectivity index (χ0n) is 15.2. The Bertz CT molecular complexity index is 848. The van der Waals surface area contributed by atoms with Crippen LogP contribution in [0.25, 0.3) is 10.8 Å². The van der Waals surface area contributed by atoms with Gasteiger partial charge in [-0.25, -0.2) is 0 Å². The van der Waals surface area contributed by atoms with Crippen molar-refractivity contribution in [2.45, 2.75) is 19.1 Å². The fourth-order valence-electron chi connectivity index (χ4n) is 3.57. The maximum absolute atomic E-state index is 6.06. The van der Waals surface area contributed by atoms with Crippen LogP contribution in [0, 0.1) is 0 Å². The number of benzene rings is 2. The second-order valence-corrected chi connectivity index (χ2v) is 6.76. The van der Waals surface area contributed by atoms with Gasteiger partial charge in [-0.3, -0.25) is 9.58 Å². The Hall–Kier alpha value is -2.37. The third kappa shape index (κ3) is 3.89. The van der Waals surface area contributed by atoms with Crippen molar-refractivity contribution in [2.24, 2.45) is 0 Å². The normalized spacial score (nSPS) is 18.3. The number of rotatable bonds is 6. The highest BCUT2D eigenvalue weighted by atomic mass is 16.5. The number of fused-ring (bicyclic) bond motifs is 1. The number of nitrogens with zero attached hydrogens (tertiary/aromatic N) is 3. The van der Waals surface area contributed by atoms with Crippen molar-refractivity contribution in [2.75, 3.05) is 33.4 Å². The molecule has 1 unspecified atom stereocenters. The number of hydrogen-bond acceptors (Lipinski definition) is 4. The summed E-state index contributed by atoms with van der Waals surface area (Å²) in [4.78, 5) is 2.50. The highest BCUT2D eigenvalue weighted by Gasteiger charge is 2.21. The van der Waals surface area contributed by atoms with E-state index in [0.717, 1.165) is 45.0 Å². The number of ether oxygens (including phenoxy) is 2. The molecule has 3 aromatic rings. The average molecular weight is 351 g/mol. The molecule has 1 saturated heterocycles. The van der Waals surface area contributed by atoms with E-state index in [4.69, 9.17) is 9.47 Å². The van der Waals surface area contributed by atoms with Crippen LogP contribution in [0.3, 0.4) is 0 Å². The molecule has 0 N–H and O–H groups in total. The van der Waals surface area contributed by atoms with E-state index in [1.807, 2.05) is 29.2 Å². The first-order chi connectivity index (χ1) is 12.8. The Morgan fingerprint density at radius 3 is 2.88 bits per heavy atom. The van der Waals surface area contributed by atoms with Crippen LogP contribution in [0.15, 0.2) is 54.9 Å². The number of aromatic nitrogens is 2. The number of morpholine rings is 1. The smallest absolute Gasteiger partial charge is 0.119 e. The number of hydrogen-bond donors (Lipinski definition) is 0. The van der Waals surface area contributed by atoms with Crippen LogP contribution < -0.4 is 4.74 Å². The molecule has 0 aliphatic carbocycles. The van der Waals surface area contributed by atoms with E-state index in [1.54, 1.807) is 7.11 Å². The largest absolute Gasteiger partial charge is 0.497 e. The first-order valence-corrected chi connectivity index (χ1v) is 9.21. The topological polar surface area (TPSA) is 39.5 Å². The molecule has 0 radical (unpaired) electrons. The van der Waals surface area contributed by atoms with Gasteiger partial charge in [0.2, 0.25) is 0 Å². The summed E-state index contributed by atoms with van der Waals surface area (Å²) in [6, 6.07) is 14.7. The first kappa shape index (κ1) is 17.1. The molecule has 1 aromatic heterocycles. The molecule has 26 heavy (non-hydrogen) atoms. The standard InChI is InChI=1S/C21H25N3O2/c1-25-20-7-6-17-14-19(5-4-18(17)15-20)21-16-23(12-13-26-21)9-3-11-24-10-2-8-22-24/h2,4-8,10,14-15,21H,3,9,11-13,16H2,1H3. The van der Waals surface area contributed by atoms with Gasteiger partial charge in [0.15, 0.2) is 0 Å². The molecule has 0 amide bonds. The molecule has 1 aliphatic rings. The summed E-state index contributed by atoms with van der Waals surface area (Å²) in [7, 11) is 1.70. The van der Waals surface area contributed by atoms with Crippen LogP contribution in [-0.4, -0.2) is 48.0 Å². The summed E-state index contributed by atoms with van der Waals surface area (Å²) in [6.07, 6.45) is 5.10. The highest BCUT2D eigenvalue weighted by molar-refractivity contribution is 5.84. The van der Waals surface area contributed by atoms with Crippen molar-refractivity contribution >= 4 is 10.8 Å². The van der Waals surface area contributed by atoms with Gasteiger partial charge in [-0.1, -0.05) is 18.2 Å². The monoisotopic (exact) mass is 351 g/mol. The maximum Gasteiger partial charge on any atom is 0.119 e. The lowest BCUT2D eigenvalue weighted by atomic mass is 10.0. The van der Waals surface area contributed by atoms with Gasteiger partial charge in [0.25, 0.3) is 0 Å². The summed E-state index contributed by atoms with van der Waals surface area (Å²) in [5, 5.41) is 6.69. The summed E-state index contributed by atoms with van der Waals surface area (Å²) >= 11 is 0. The first-order valence-electron chi connectivity index (χ1n) is 9.21. The summed E-state index contributed by atoms with van der Waals surface area (Å²) in [5.41, 5.74) is 1.25. The van der Waals surface area contributed by atoms with Crippen molar-refractivity contribution in [1.82, 2.24) is 14.7 Å². The molecular formula is C21H25N3O2. The van der Waals surface area contributed by atoms with Crippen LogP contribution in [-0.2, 0) is 11.3 Å². The van der Waals surface area contributed by atoms with Crippen LogP contribution in [0.1, 0.15) is 18.1 Å². The fraction of sp³-hybridized carbons (Fsp3) is 0.381. The molecular weight excluding hydrogens is 326 g/mol. The molecule has 136 valence electrons. The fourth-order valence-corrected chi connectivity index (χ4v) is 3.57. The second-order valence-electron chi connectivity index (χ2n) is 6.76. The highest BCUT2D eigenvalue weighted by Crippen LogP contribution is 2.27.